The van der Waals surface area contributed by atoms with Crippen LogP contribution in [0.5, 0.6) is 0 Å². The van der Waals surface area contributed by atoms with Crippen LogP contribution in [0.4, 0.5) is 8.78 Å². The van der Waals surface area contributed by atoms with Crippen molar-refractivity contribution >= 4 is 16.9 Å². The predicted octanol–water partition coefficient (Wildman–Crippen LogP) is 5.53. The Kier molecular flexibility index (Phi) is 4.77. The zero-order valence-electron chi connectivity index (χ0n) is 16.7. The molecule has 1 aliphatic carbocycles. The molecule has 0 amide bonds. The van der Waals surface area contributed by atoms with E-state index in [4.69, 9.17) is 0 Å². The maximum atomic E-state index is 14.0. The minimum atomic E-state index is -0.968. The lowest BCUT2D eigenvalue weighted by Crippen LogP contribution is -2.07. The lowest BCUT2D eigenvalue weighted by Gasteiger charge is -2.10. The zero-order chi connectivity index (χ0) is 21.5. The molecule has 0 atom stereocenters. The van der Waals surface area contributed by atoms with Crippen LogP contribution in [0.3, 0.4) is 0 Å². The van der Waals surface area contributed by atoms with Crippen molar-refractivity contribution in [2.45, 2.75) is 31.7 Å². The summed E-state index contributed by atoms with van der Waals surface area (Å²) in [5, 5.41) is 10.5. The van der Waals surface area contributed by atoms with Crippen molar-refractivity contribution < 1.29 is 18.7 Å². The van der Waals surface area contributed by atoms with E-state index in [1.54, 1.807) is 23.0 Å². The number of hydrogen-bond donors (Lipinski definition) is 1. The van der Waals surface area contributed by atoms with Crippen LogP contribution in [0.25, 0.3) is 10.9 Å². The highest BCUT2D eigenvalue weighted by Gasteiger charge is 2.26. The Morgan fingerprint density at radius 2 is 1.87 bits per heavy atom. The van der Waals surface area contributed by atoms with E-state index in [2.05, 4.69) is 4.98 Å². The van der Waals surface area contributed by atoms with Crippen molar-refractivity contribution in [2.24, 2.45) is 0 Å². The Labute approximate surface area is 177 Å². The molecule has 31 heavy (non-hydrogen) atoms. The number of carboxylic acids is 1. The highest BCUT2D eigenvalue weighted by atomic mass is 19.1. The third-order valence-electron chi connectivity index (χ3n) is 5.87. The molecule has 0 aliphatic heterocycles. The smallest absolute Gasteiger partial charge is 0.337 e. The van der Waals surface area contributed by atoms with Gasteiger partial charge in [0, 0.05) is 29.9 Å². The summed E-state index contributed by atoms with van der Waals surface area (Å²) in [5.41, 5.74) is 3.57. The lowest BCUT2D eigenvalue weighted by atomic mass is 10.0. The second kappa shape index (κ2) is 7.61. The van der Waals surface area contributed by atoms with E-state index in [0.29, 0.717) is 18.0 Å². The standard InChI is InChI=1S/C25H20F2N2O2/c26-21-2-1-3-22(27)20(21)14-29-9-8-17-10-15(4-7-24(17)29)11-23-19(25(30)31)12-18(13-28-23)16-5-6-16/h1-4,7-10,12-13,16H,5-6,11,14H2,(H,30,31). The number of carbonyl (C=O) groups is 1. The summed E-state index contributed by atoms with van der Waals surface area (Å²) >= 11 is 0. The molecule has 6 heteroatoms. The highest BCUT2D eigenvalue weighted by molar-refractivity contribution is 5.89. The van der Waals surface area contributed by atoms with Gasteiger partial charge in [0.2, 0.25) is 0 Å². The maximum Gasteiger partial charge on any atom is 0.337 e. The van der Waals surface area contributed by atoms with E-state index in [1.807, 2.05) is 24.3 Å². The molecule has 1 N–H and O–H groups in total. The fraction of sp³-hybridized carbons (Fsp3) is 0.200. The van der Waals surface area contributed by atoms with Gasteiger partial charge in [-0.25, -0.2) is 13.6 Å². The number of rotatable bonds is 6. The molecule has 5 rings (SSSR count). The first-order chi connectivity index (χ1) is 15.0. The molecule has 2 heterocycles. The highest BCUT2D eigenvalue weighted by Crippen LogP contribution is 2.40. The van der Waals surface area contributed by atoms with Crippen molar-refractivity contribution in [3.63, 3.8) is 0 Å². The maximum absolute atomic E-state index is 14.0. The summed E-state index contributed by atoms with van der Waals surface area (Å²) in [5.74, 6) is -1.67. The SMILES string of the molecule is O=C(O)c1cc(C2CC2)cnc1Cc1ccc2c(ccn2Cc2c(F)cccc2F)c1. The summed E-state index contributed by atoms with van der Waals surface area (Å²) in [7, 11) is 0. The number of nitrogens with zero attached hydrogens (tertiary/aromatic N) is 2. The molecule has 2 aromatic heterocycles. The van der Waals surface area contributed by atoms with Crippen molar-refractivity contribution in [3.8, 4) is 0 Å². The van der Waals surface area contributed by atoms with E-state index in [9.17, 15) is 18.7 Å². The lowest BCUT2D eigenvalue weighted by molar-refractivity contribution is 0.0695. The topological polar surface area (TPSA) is 55.1 Å². The van der Waals surface area contributed by atoms with Crippen LogP contribution in [0.2, 0.25) is 0 Å². The first kappa shape index (κ1) is 19.4. The van der Waals surface area contributed by atoms with Gasteiger partial charge >= 0.3 is 5.97 Å². The Balaban J connectivity index is 1.43. The van der Waals surface area contributed by atoms with Crippen LogP contribution in [-0.4, -0.2) is 20.6 Å². The summed E-state index contributed by atoms with van der Waals surface area (Å²) in [6, 6.07) is 13.3. The average Bonchev–Trinajstić information content (AvgIpc) is 3.52. The fourth-order valence-electron chi connectivity index (χ4n) is 4.02. The number of halogens is 2. The molecule has 0 saturated heterocycles. The van der Waals surface area contributed by atoms with Crippen molar-refractivity contribution in [1.82, 2.24) is 9.55 Å². The second-order valence-corrected chi connectivity index (χ2v) is 8.06. The molecular weight excluding hydrogens is 398 g/mol. The fourth-order valence-corrected chi connectivity index (χ4v) is 4.02. The van der Waals surface area contributed by atoms with Crippen LogP contribution in [-0.2, 0) is 13.0 Å². The number of carboxylic acid groups (broad SMARTS) is 1. The molecule has 0 bridgehead atoms. The molecule has 156 valence electrons. The molecule has 0 spiro atoms. The molecule has 1 aliphatic rings. The molecule has 0 radical (unpaired) electrons. The van der Waals surface area contributed by atoms with Gasteiger partial charge in [-0.15, -0.1) is 0 Å². The summed E-state index contributed by atoms with van der Waals surface area (Å²) in [6.45, 7) is 0.0920. The van der Waals surface area contributed by atoms with Crippen LogP contribution in [0.1, 0.15) is 51.5 Å². The average molecular weight is 418 g/mol. The summed E-state index contributed by atoms with van der Waals surface area (Å²) in [6.07, 6.45) is 6.16. The third-order valence-corrected chi connectivity index (χ3v) is 5.87. The Hall–Kier alpha value is -3.54. The molecular formula is C25H20F2N2O2. The Bertz CT molecular complexity index is 1290. The van der Waals surface area contributed by atoms with Crippen molar-refractivity contribution in [3.05, 3.63) is 101 Å². The minimum Gasteiger partial charge on any atom is -0.478 e. The van der Waals surface area contributed by atoms with E-state index in [1.165, 1.54) is 18.2 Å². The largest absolute Gasteiger partial charge is 0.478 e. The zero-order valence-corrected chi connectivity index (χ0v) is 16.7. The van der Waals surface area contributed by atoms with Gasteiger partial charge in [-0.05, 0) is 71.7 Å². The second-order valence-electron chi connectivity index (χ2n) is 8.06. The number of benzene rings is 2. The minimum absolute atomic E-state index is 0.0233. The van der Waals surface area contributed by atoms with Gasteiger partial charge in [0.15, 0.2) is 0 Å². The van der Waals surface area contributed by atoms with Gasteiger partial charge in [-0.1, -0.05) is 12.1 Å². The number of pyridine rings is 1. The number of fused-ring (bicyclic) bond motifs is 1. The number of hydrogen-bond acceptors (Lipinski definition) is 2. The van der Waals surface area contributed by atoms with Gasteiger partial charge in [-0.2, -0.15) is 0 Å². The Morgan fingerprint density at radius 1 is 1.10 bits per heavy atom. The Morgan fingerprint density at radius 3 is 2.58 bits per heavy atom. The predicted molar refractivity (Wildman–Crippen MR) is 113 cm³/mol. The van der Waals surface area contributed by atoms with E-state index in [0.717, 1.165) is 34.9 Å². The molecule has 0 unspecified atom stereocenters. The van der Waals surface area contributed by atoms with Gasteiger partial charge in [0.05, 0.1) is 17.8 Å². The van der Waals surface area contributed by atoms with E-state index >= 15 is 0 Å². The first-order valence-corrected chi connectivity index (χ1v) is 10.2. The molecule has 4 aromatic rings. The third kappa shape index (κ3) is 3.81. The number of aromatic nitrogens is 2. The monoisotopic (exact) mass is 418 g/mol. The van der Waals surface area contributed by atoms with Crippen LogP contribution in [0.15, 0.2) is 60.9 Å². The van der Waals surface area contributed by atoms with Crippen LogP contribution in [0, 0.1) is 11.6 Å². The van der Waals surface area contributed by atoms with Gasteiger partial charge in [0.1, 0.15) is 11.6 Å². The summed E-state index contributed by atoms with van der Waals surface area (Å²) < 4.78 is 29.8. The summed E-state index contributed by atoms with van der Waals surface area (Å²) in [4.78, 5) is 16.2. The van der Waals surface area contributed by atoms with Gasteiger partial charge < -0.3 is 9.67 Å². The quantitative estimate of drug-likeness (QED) is 0.448. The molecule has 2 aromatic carbocycles. The van der Waals surface area contributed by atoms with E-state index < -0.39 is 17.6 Å². The molecule has 4 nitrogen and oxygen atoms in total. The van der Waals surface area contributed by atoms with Crippen molar-refractivity contribution in [1.29, 1.82) is 0 Å². The van der Waals surface area contributed by atoms with Crippen LogP contribution < -0.4 is 0 Å². The molecule has 1 saturated carbocycles. The molecule has 1 fully saturated rings. The van der Waals surface area contributed by atoms with Gasteiger partial charge in [0.25, 0.3) is 0 Å². The van der Waals surface area contributed by atoms with Gasteiger partial charge in [-0.3, -0.25) is 4.98 Å². The van der Waals surface area contributed by atoms with E-state index in [-0.39, 0.29) is 17.7 Å². The van der Waals surface area contributed by atoms with Crippen molar-refractivity contribution in [2.75, 3.05) is 0 Å². The van der Waals surface area contributed by atoms with Crippen LogP contribution >= 0.6 is 0 Å². The normalized spacial score (nSPS) is 13.6. The first-order valence-electron chi connectivity index (χ1n) is 10.2. The number of aromatic carboxylic acids is 1.